The molecule has 0 atom stereocenters. The lowest BCUT2D eigenvalue weighted by molar-refractivity contribution is -0.116. The zero-order valence-electron chi connectivity index (χ0n) is 12.9. The number of hydrogen-bond donors (Lipinski definition) is 1. The van der Waals surface area contributed by atoms with Crippen LogP contribution in [0.1, 0.15) is 57.4 Å². The molecule has 1 rings (SSSR count). The molecule has 0 aromatic heterocycles. The first-order valence-corrected chi connectivity index (χ1v) is 8.32. The van der Waals surface area contributed by atoms with Gasteiger partial charge < -0.3 is 5.32 Å². The van der Waals surface area contributed by atoms with Crippen molar-refractivity contribution in [2.24, 2.45) is 0 Å². The summed E-state index contributed by atoms with van der Waals surface area (Å²) in [4.78, 5) is 11.7. The number of nitrogens with one attached hydrogen (secondary N) is 1. The van der Waals surface area contributed by atoms with Crippen LogP contribution < -0.4 is 5.32 Å². The highest BCUT2D eigenvalue weighted by Gasteiger charge is 1.97. The Kier molecular flexibility index (Phi) is 9.64. The monoisotopic (exact) mass is 307 g/mol. The minimum atomic E-state index is -0.0547. The van der Waals surface area contributed by atoms with E-state index in [1.807, 2.05) is 24.3 Å². The first-order valence-electron chi connectivity index (χ1n) is 7.94. The molecule has 21 heavy (non-hydrogen) atoms. The van der Waals surface area contributed by atoms with E-state index in [1.54, 1.807) is 12.2 Å². The van der Waals surface area contributed by atoms with Crippen LogP contribution in [0.4, 0.5) is 0 Å². The number of halogens is 1. The Hall–Kier alpha value is -1.28. The van der Waals surface area contributed by atoms with Crippen LogP contribution >= 0.6 is 11.6 Å². The maximum atomic E-state index is 11.7. The van der Waals surface area contributed by atoms with Crippen molar-refractivity contribution in [2.75, 3.05) is 6.54 Å². The van der Waals surface area contributed by atoms with Gasteiger partial charge in [0, 0.05) is 17.6 Å². The molecule has 0 spiro atoms. The smallest absolute Gasteiger partial charge is 0.243 e. The van der Waals surface area contributed by atoms with Gasteiger partial charge in [-0.15, -0.1) is 0 Å². The molecule has 0 saturated heterocycles. The second-order valence-corrected chi connectivity index (χ2v) is 5.67. The molecule has 0 heterocycles. The molecule has 0 unspecified atom stereocenters. The summed E-state index contributed by atoms with van der Waals surface area (Å²) in [6.45, 7) is 2.98. The highest BCUT2D eigenvalue weighted by molar-refractivity contribution is 6.32. The minimum absolute atomic E-state index is 0.0547. The van der Waals surface area contributed by atoms with Crippen LogP contribution in [0.15, 0.2) is 30.3 Å². The molecule has 116 valence electrons. The van der Waals surface area contributed by atoms with E-state index < -0.39 is 0 Å². The Morgan fingerprint density at radius 3 is 2.48 bits per heavy atom. The molecule has 1 amide bonds. The van der Waals surface area contributed by atoms with Gasteiger partial charge in [0.15, 0.2) is 0 Å². The molecule has 0 fully saturated rings. The number of hydrogen-bond acceptors (Lipinski definition) is 1. The fourth-order valence-corrected chi connectivity index (χ4v) is 2.33. The predicted octanol–water partition coefficient (Wildman–Crippen LogP) is 5.22. The number of carbonyl (C=O) groups is 1. The van der Waals surface area contributed by atoms with Crippen molar-refractivity contribution in [3.63, 3.8) is 0 Å². The molecule has 1 N–H and O–H groups in total. The van der Waals surface area contributed by atoms with E-state index in [2.05, 4.69) is 12.2 Å². The van der Waals surface area contributed by atoms with Crippen molar-refractivity contribution in [2.45, 2.75) is 51.9 Å². The van der Waals surface area contributed by atoms with Crippen LogP contribution in [0.5, 0.6) is 0 Å². The summed E-state index contributed by atoms with van der Waals surface area (Å²) in [6.07, 6.45) is 12.1. The Morgan fingerprint density at radius 2 is 1.76 bits per heavy atom. The number of carbonyl (C=O) groups excluding carboxylic acids is 1. The maximum Gasteiger partial charge on any atom is 0.243 e. The van der Waals surface area contributed by atoms with E-state index in [4.69, 9.17) is 11.6 Å². The van der Waals surface area contributed by atoms with Gasteiger partial charge in [-0.05, 0) is 24.1 Å². The number of unbranched alkanes of at least 4 members (excludes halogenated alkanes) is 6. The minimum Gasteiger partial charge on any atom is -0.353 e. The quantitative estimate of drug-likeness (QED) is 0.466. The largest absolute Gasteiger partial charge is 0.353 e. The standard InChI is InChI=1S/C18H26ClNO/c1-2-3-4-5-6-7-10-15-20-18(21)14-13-16-11-8-9-12-17(16)19/h8-9,11-14H,2-7,10,15H2,1H3,(H,20,21)/b14-13+. The summed E-state index contributed by atoms with van der Waals surface area (Å²) in [6, 6.07) is 7.49. The summed E-state index contributed by atoms with van der Waals surface area (Å²) < 4.78 is 0. The summed E-state index contributed by atoms with van der Waals surface area (Å²) in [7, 11) is 0. The molecular formula is C18H26ClNO. The summed E-state index contributed by atoms with van der Waals surface area (Å²) in [5.41, 5.74) is 0.866. The summed E-state index contributed by atoms with van der Waals surface area (Å²) in [5, 5.41) is 3.57. The molecule has 0 radical (unpaired) electrons. The van der Waals surface area contributed by atoms with Gasteiger partial charge in [-0.1, -0.05) is 75.2 Å². The summed E-state index contributed by atoms with van der Waals surface area (Å²) >= 11 is 6.02. The fourth-order valence-electron chi connectivity index (χ4n) is 2.13. The summed E-state index contributed by atoms with van der Waals surface area (Å²) in [5.74, 6) is -0.0547. The normalized spacial score (nSPS) is 11.0. The van der Waals surface area contributed by atoms with Gasteiger partial charge in [0.05, 0.1) is 0 Å². The molecule has 0 bridgehead atoms. The lowest BCUT2D eigenvalue weighted by atomic mass is 10.1. The molecule has 1 aromatic carbocycles. The molecule has 3 heteroatoms. The number of amides is 1. The molecular weight excluding hydrogens is 282 g/mol. The van der Waals surface area contributed by atoms with Gasteiger partial charge >= 0.3 is 0 Å². The van der Waals surface area contributed by atoms with E-state index in [0.29, 0.717) is 5.02 Å². The predicted molar refractivity (Wildman–Crippen MR) is 91.5 cm³/mol. The third-order valence-corrected chi connectivity index (χ3v) is 3.74. The van der Waals surface area contributed by atoms with E-state index in [1.165, 1.54) is 38.5 Å². The van der Waals surface area contributed by atoms with Gasteiger partial charge in [-0.3, -0.25) is 4.79 Å². The second-order valence-electron chi connectivity index (χ2n) is 5.27. The lowest BCUT2D eigenvalue weighted by Crippen LogP contribution is -2.21. The van der Waals surface area contributed by atoms with Crippen LogP contribution in [0.3, 0.4) is 0 Å². The molecule has 0 saturated carbocycles. The van der Waals surface area contributed by atoms with E-state index in [0.717, 1.165) is 18.5 Å². The average molecular weight is 308 g/mol. The van der Waals surface area contributed by atoms with Crippen LogP contribution in [0.25, 0.3) is 6.08 Å². The van der Waals surface area contributed by atoms with Gasteiger partial charge in [-0.25, -0.2) is 0 Å². The number of benzene rings is 1. The highest BCUT2D eigenvalue weighted by Crippen LogP contribution is 2.16. The maximum absolute atomic E-state index is 11.7. The van der Waals surface area contributed by atoms with Crippen molar-refractivity contribution in [1.29, 1.82) is 0 Å². The van der Waals surface area contributed by atoms with E-state index >= 15 is 0 Å². The molecule has 0 aliphatic rings. The number of rotatable bonds is 10. The Labute approximate surface area is 133 Å². The van der Waals surface area contributed by atoms with Crippen molar-refractivity contribution in [3.8, 4) is 0 Å². The van der Waals surface area contributed by atoms with Crippen molar-refractivity contribution < 1.29 is 4.79 Å². The first kappa shape index (κ1) is 17.8. The van der Waals surface area contributed by atoms with Crippen LogP contribution in [-0.2, 0) is 4.79 Å². The van der Waals surface area contributed by atoms with Crippen molar-refractivity contribution in [3.05, 3.63) is 40.9 Å². The Morgan fingerprint density at radius 1 is 1.10 bits per heavy atom. The topological polar surface area (TPSA) is 29.1 Å². The van der Waals surface area contributed by atoms with Crippen molar-refractivity contribution >= 4 is 23.6 Å². The molecule has 2 nitrogen and oxygen atoms in total. The fraction of sp³-hybridized carbons (Fsp3) is 0.500. The van der Waals surface area contributed by atoms with Gasteiger partial charge in [-0.2, -0.15) is 0 Å². The van der Waals surface area contributed by atoms with E-state index in [-0.39, 0.29) is 5.91 Å². The Bertz CT molecular complexity index is 443. The van der Waals surface area contributed by atoms with Gasteiger partial charge in [0.2, 0.25) is 5.91 Å². The van der Waals surface area contributed by atoms with E-state index in [9.17, 15) is 4.79 Å². The molecule has 0 aliphatic carbocycles. The van der Waals surface area contributed by atoms with Gasteiger partial charge in [0.1, 0.15) is 0 Å². The first-order chi connectivity index (χ1) is 10.2. The van der Waals surface area contributed by atoms with Crippen LogP contribution in [0, 0.1) is 0 Å². The SMILES string of the molecule is CCCCCCCCCNC(=O)/C=C/c1ccccc1Cl. The highest BCUT2D eigenvalue weighted by atomic mass is 35.5. The second kappa shape index (κ2) is 11.4. The third-order valence-electron chi connectivity index (χ3n) is 3.40. The van der Waals surface area contributed by atoms with Gasteiger partial charge in [0.25, 0.3) is 0 Å². The average Bonchev–Trinajstić information content (AvgIpc) is 2.49. The van der Waals surface area contributed by atoms with Crippen LogP contribution in [0.2, 0.25) is 5.02 Å². The molecule has 0 aliphatic heterocycles. The van der Waals surface area contributed by atoms with Crippen molar-refractivity contribution in [1.82, 2.24) is 5.32 Å². The van der Waals surface area contributed by atoms with Crippen LogP contribution in [-0.4, -0.2) is 12.5 Å². The zero-order chi connectivity index (χ0) is 15.3. The lowest BCUT2D eigenvalue weighted by Gasteiger charge is -2.03. The third kappa shape index (κ3) is 8.56. The Balaban J connectivity index is 2.10. The zero-order valence-corrected chi connectivity index (χ0v) is 13.7. The molecule has 1 aromatic rings.